The molecule has 0 heterocycles. The van der Waals surface area contributed by atoms with Crippen LogP contribution in [0.2, 0.25) is 0 Å². The largest absolute Gasteiger partial charge is 0.396 e. The number of hydrogen-bond donors (Lipinski definition) is 2. The monoisotopic (exact) mass is 174 g/mol. The van der Waals surface area contributed by atoms with Crippen molar-refractivity contribution >= 4 is 0 Å². The van der Waals surface area contributed by atoms with Crippen LogP contribution in [0.3, 0.4) is 0 Å². The number of unbranched alkanes of at least 4 members (excludes halogenated alkanes) is 1. The molecule has 2 N–H and O–H groups in total. The molecule has 0 amide bonds. The summed E-state index contributed by atoms with van der Waals surface area (Å²) < 4.78 is 0. The maximum Gasteiger partial charge on any atom is 0.0537 e. The summed E-state index contributed by atoms with van der Waals surface area (Å²) in [6.45, 7) is 4.34. The van der Waals surface area contributed by atoms with E-state index in [1.54, 1.807) is 0 Å². The normalized spacial score (nSPS) is 16.0. The van der Waals surface area contributed by atoms with Gasteiger partial charge < -0.3 is 10.2 Å². The maximum atomic E-state index is 9.23. The number of aliphatic hydroxyl groups is 2. The van der Waals surface area contributed by atoms with E-state index >= 15 is 0 Å². The molecule has 2 unspecified atom stereocenters. The van der Waals surface area contributed by atoms with E-state index in [-0.39, 0.29) is 12.7 Å². The van der Waals surface area contributed by atoms with Crippen molar-refractivity contribution in [2.45, 2.75) is 52.1 Å². The molecule has 0 radical (unpaired) electrons. The molecule has 0 aromatic rings. The number of rotatable bonds is 7. The van der Waals surface area contributed by atoms with Crippen molar-refractivity contribution in [3.8, 4) is 0 Å². The maximum absolute atomic E-state index is 9.23. The molecule has 0 aliphatic heterocycles. The molecule has 0 aromatic heterocycles. The Morgan fingerprint density at radius 2 is 1.75 bits per heavy atom. The minimum Gasteiger partial charge on any atom is -0.396 e. The van der Waals surface area contributed by atoms with Crippen molar-refractivity contribution in [2.75, 3.05) is 6.61 Å². The van der Waals surface area contributed by atoms with E-state index in [0.717, 1.165) is 32.1 Å². The molecule has 0 aliphatic carbocycles. The number of aliphatic hydroxyl groups excluding tert-OH is 2. The third kappa shape index (κ3) is 6.62. The van der Waals surface area contributed by atoms with Crippen LogP contribution in [-0.4, -0.2) is 22.9 Å². The van der Waals surface area contributed by atoms with Gasteiger partial charge in [-0.05, 0) is 25.2 Å². The van der Waals surface area contributed by atoms with Gasteiger partial charge in [0.1, 0.15) is 0 Å². The Morgan fingerprint density at radius 3 is 2.25 bits per heavy atom. The van der Waals surface area contributed by atoms with Gasteiger partial charge in [-0.25, -0.2) is 0 Å². The molecule has 0 bridgehead atoms. The molecule has 2 heteroatoms. The van der Waals surface area contributed by atoms with Crippen molar-refractivity contribution in [1.82, 2.24) is 0 Å². The molecular formula is C10H22O2. The summed E-state index contributed by atoms with van der Waals surface area (Å²) in [5.41, 5.74) is 0. The molecule has 0 saturated heterocycles. The van der Waals surface area contributed by atoms with Crippen molar-refractivity contribution < 1.29 is 10.2 Å². The smallest absolute Gasteiger partial charge is 0.0537 e. The lowest BCUT2D eigenvalue weighted by molar-refractivity contribution is 0.154. The second-order valence-electron chi connectivity index (χ2n) is 3.63. The lowest BCUT2D eigenvalue weighted by Crippen LogP contribution is -2.05. The van der Waals surface area contributed by atoms with Gasteiger partial charge in [0.2, 0.25) is 0 Å². The molecule has 0 spiro atoms. The van der Waals surface area contributed by atoms with Gasteiger partial charge in [-0.3, -0.25) is 0 Å². The average Bonchev–Trinajstić information content (AvgIpc) is 2.11. The Kier molecular flexibility index (Phi) is 7.51. The van der Waals surface area contributed by atoms with Crippen molar-refractivity contribution in [3.63, 3.8) is 0 Å². The zero-order valence-corrected chi connectivity index (χ0v) is 8.29. The zero-order chi connectivity index (χ0) is 9.40. The van der Waals surface area contributed by atoms with Gasteiger partial charge in [0, 0.05) is 6.61 Å². The van der Waals surface area contributed by atoms with E-state index in [9.17, 15) is 5.11 Å². The second kappa shape index (κ2) is 7.56. The third-order valence-corrected chi connectivity index (χ3v) is 2.27. The Morgan fingerprint density at radius 1 is 1.17 bits per heavy atom. The molecule has 12 heavy (non-hydrogen) atoms. The predicted octanol–water partition coefficient (Wildman–Crippen LogP) is 1.95. The molecule has 0 fully saturated rings. The van der Waals surface area contributed by atoms with Crippen LogP contribution >= 0.6 is 0 Å². The summed E-state index contributed by atoms with van der Waals surface area (Å²) in [5, 5.41) is 18.0. The van der Waals surface area contributed by atoms with Gasteiger partial charge in [-0.1, -0.05) is 26.7 Å². The molecule has 74 valence electrons. The SMILES string of the molecule is CCC(O)CCCCC(C)CO. The summed E-state index contributed by atoms with van der Waals surface area (Å²) in [6, 6.07) is 0. The predicted molar refractivity (Wildman–Crippen MR) is 51.0 cm³/mol. The highest BCUT2D eigenvalue weighted by atomic mass is 16.3. The van der Waals surface area contributed by atoms with Crippen LogP contribution in [0.4, 0.5) is 0 Å². The van der Waals surface area contributed by atoms with Gasteiger partial charge in [0.05, 0.1) is 6.10 Å². The first-order chi connectivity index (χ1) is 5.70. The first kappa shape index (κ1) is 11.9. The van der Waals surface area contributed by atoms with Gasteiger partial charge in [-0.2, -0.15) is 0 Å². The highest BCUT2D eigenvalue weighted by Crippen LogP contribution is 2.10. The van der Waals surface area contributed by atoms with Crippen LogP contribution in [0.1, 0.15) is 46.0 Å². The van der Waals surface area contributed by atoms with Crippen LogP contribution in [0.15, 0.2) is 0 Å². The summed E-state index contributed by atoms with van der Waals surface area (Å²) in [7, 11) is 0. The van der Waals surface area contributed by atoms with Gasteiger partial charge in [0.15, 0.2) is 0 Å². The zero-order valence-electron chi connectivity index (χ0n) is 8.29. The van der Waals surface area contributed by atoms with Crippen LogP contribution < -0.4 is 0 Å². The standard InChI is InChI=1S/C10H22O2/c1-3-10(12)7-5-4-6-9(2)8-11/h9-12H,3-8H2,1-2H3. The highest BCUT2D eigenvalue weighted by molar-refractivity contribution is 4.55. The summed E-state index contributed by atoms with van der Waals surface area (Å²) in [5.74, 6) is 0.420. The Bertz CT molecular complexity index is 81.8. The lowest BCUT2D eigenvalue weighted by atomic mass is 10.0. The second-order valence-corrected chi connectivity index (χ2v) is 3.63. The van der Waals surface area contributed by atoms with Gasteiger partial charge in [0.25, 0.3) is 0 Å². The van der Waals surface area contributed by atoms with Crippen LogP contribution in [0, 0.1) is 5.92 Å². The van der Waals surface area contributed by atoms with Crippen LogP contribution in [0.5, 0.6) is 0 Å². The molecule has 2 nitrogen and oxygen atoms in total. The summed E-state index contributed by atoms with van der Waals surface area (Å²) >= 11 is 0. The van der Waals surface area contributed by atoms with E-state index < -0.39 is 0 Å². The van der Waals surface area contributed by atoms with Crippen molar-refractivity contribution in [3.05, 3.63) is 0 Å². The molecule has 0 aromatic carbocycles. The topological polar surface area (TPSA) is 40.5 Å². The Hall–Kier alpha value is -0.0800. The Labute approximate surface area is 75.6 Å². The minimum atomic E-state index is -0.116. The molecule has 0 saturated carbocycles. The Balaban J connectivity index is 3.10. The van der Waals surface area contributed by atoms with Crippen LogP contribution in [-0.2, 0) is 0 Å². The summed E-state index contributed by atoms with van der Waals surface area (Å²) in [6.07, 6.45) is 4.93. The van der Waals surface area contributed by atoms with Gasteiger partial charge >= 0.3 is 0 Å². The molecule has 0 aliphatic rings. The van der Waals surface area contributed by atoms with Crippen LogP contribution in [0.25, 0.3) is 0 Å². The lowest BCUT2D eigenvalue weighted by Gasteiger charge is -2.09. The van der Waals surface area contributed by atoms with Crippen molar-refractivity contribution in [1.29, 1.82) is 0 Å². The summed E-state index contributed by atoms with van der Waals surface area (Å²) in [4.78, 5) is 0. The first-order valence-electron chi connectivity index (χ1n) is 4.99. The molecular weight excluding hydrogens is 152 g/mol. The fourth-order valence-corrected chi connectivity index (χ4v) is 1.17. The highest BCUT2D eigenvalue weighted by Gasteiger charge is 2.02. The fraction of sp³-hybridized carbons (Fsp3) is 1.00. The van der Waals surface area contributed by atoms with Gasteiger partial charge in [-0.15, -0.1) is 0 Å². The van der Waals surface area contributed by atoms with Crippen molar-refractivity contribution in [2.24, 2.45) is 5.92 Å². The average molecular weight is 174 g/mol. The quantitative estimate of drug-likeness (QED) is 0.579. The minimum absolute atomic E-state index is 0.116. The number of hydrogen-bond acceptors (Lipinski definition) is 2. The van der Waals surface area contributed by atoms with E-state index in [1.807, 2.05) is 6.92 Å². The van der Waals surface area contributed by atoms with E-state index in [2.05, 4.69) is 6.92 Å². The fourth-order valence-electron chi connectivity index (χ4n) is 1.17. The molecule has 0 rings (SSSR count). The first-order valence-corrected chi connectivity index (χ1v) is 4.99. The van der Waals surface area contributed by atoms with E-state index in [4.69, 9.17) is 5.11 Å². The third-order valence-electron chi connectivity index (χ3n) is 2.27. The van der Waals surface area contributed by atoms with E-state index in [1.165, 1.54) is 0 Å². The van der Waals surface area contributed by atoms with E-state index in [0.29, 0.717) is 5.92 Å². The molecule has 2 atom stereocenters.